The van der Waals surface area contributed by atoms with Crippen LogP contribution in [0, 0.1) is 0 Å². The molecule has 0 unspecified atom stereocenters. The monoisotopic (exact) mass is 504 g/mol. The van der Waals surface area contributed by atoms with E-state index in [2.05, 4.69) is 5.32 Å². The molecule has 0 aliphatic carbocycles. The molecule has 0 fully saturated rings. The predicted octanol–water partition coefficient (Wildman–Crippen LogP) is 5.32. The van der Waals surface area contributed by atoms with E-state index in [1.165, 1.54) is 17.7 Å². The van der Waals surface area contributed by atoms with Gasteiger partial charge in [0.15, 0.2) is 0 Å². The molecule has 0 aliphatic heterocycles. The highest BCUT2D eigenvalue weighted by Crippen LogP contribution is 2.25. The Bertz CT molecular complexity index is 1170. The number of carbonyl (C=O) groups excluding carboxylic acids is 1. The molecule has 33 heavy (non-hydrogen) atoms. The van der Waals surface area contributed by atoms with Crippen LogP contribution in [-0.2, 0) is 27.8 Å². The summed E-state index contributed by atoms with van der Waals surface area (Å²) in [5, 5.41) is 3.62. The van der Waals surface area contributed by atoms with Crippen molar-refractivity contribution in [1.82, 2.24) is 9.62 Å². The first-order chi connectivity index (χ1) is 15.8. The van der Waals surface area contributed by atoms with Gasteiger partial charge in [-0.3, -0.25) is 4.79 Å². The summed E-state index contributed by atoms with van der Waals surface area (Å²) in [4.78, 5) is 12.9. The Hall–Kier alpha value is -2.38. The van der Waals surface area contributed by atoms with Crippen LogP contribution in [0.5, 0.6) is 0 Å². The number of benzene rings is 3. The Balaban J connectivity index is 1.72. The van der Waals surface area contributed by atoms with Gasteiger partial charge in [-0.05, 0) is 55.2 Å². The summed E-state index contributed by atoms with van der Waals surface area (Å²) < 4.78 is 27.8. The molecular formula is C25H26Cl2N2O3S. The fraction of sp³-hybridized carbons (Fsp3) is 0.240. The number of hydrogen-bond donors (Lipinski definition) is 1. The number of nitrogens with one attached hydrogen (secondary N) is 1. The van der Waals surface area contributed by atoms with Crippen LogP contribution in [-0.4, -0.2) is 31.2 Å². The van der Waals surface area contributed by atoms with Crippen LogP contribution in [0.2, 0.25) is 10.0 Å². The third-order valence-corrected chi connectivity index (χ3v) is 7.71. The fourth-order valence-corrected chi connectivity index (χ4v) is 5.12. The summed E-state index contributed by atoms with van der Waals surface area (Å²) in [6.07, 6.45) is 1.56. The van der Waals surface area contributed by atoms with E-state index < -0.39 is 10.0 Å². The quantitative estimate of drug-likeness (QED) is 0.406. The Kier molecular flexibility index (Phi) is 8.92. The average molecular weight is 505 g/mol. The SMILES string of the molecule is C[C@H](CCc1ccccc1)NC(=O)CN(Cc1ccc(Cl)c(Cl)c1)S(=O)(=O)c1ccccc1. The van der Waals surface area contributed by atoms with Crippen LogP contribution in [0.4, 0.5) is 0 Å². The van der Waals surface area contributed by atoms with Crippen molar-refractivity contribution in [3.63, 3.8) is 0 Å². The molecule has 1 atom stereocenters. The van der Waals surface area contributed by atoms with Crippen molar-refractivity contribution in [2.24, 2.45) is 0 Å². The van der Waals surface area contributed by atoms with E-state index >= 15 is 0 Å². The molecule has 1 amide bonds. The zero-order valence-corrected chi connectivity index (χ0v) is 20.6. The van der Waals surface area contributed by atoms with E-state index in [1.807, 2.05) is 37.3 Å². The molecule has 0 bridgehead atoms. The minimum absolute atomic E-state index is 0.0140. The molecule has 0 heterocycles. The maximum atomic E-state index is 13.3. The number of carbonyl (C=O) groups is 1. The molecule has 3 aromatic carbocycles. The van der Waals surface area contributed by atoms with Crippen molar-refractivity contribution in [2.45, 2.75) is 37.2 Å². The van der Waals surface area contributed by atoms with Gasteiger partial charge in [-0.2, -0.15) is 4.31 Å². The number of hydrogen-bond acceptors (Lipinski definition) is 3. The van der Waals surface area contributed by atoms with Gasteiger partial charge in [-0.15, -0.1) is 0 Å². The molecule has 0 spiro atoms. The van der Waals surface area contributed by atoms with E-state index in [4.69, 9.17) is 23.2 Å². The van der Waals surface area contributed by atoms with Crippen LogP contribution >= 0.6 is 23.2 Å². The Labute approximate surface area is 205 Å². The third kappa shape index (κ3) is 7.30. The Morgan fingerprint density at radius 2 is 1.55 bits per heavy atom. The molecule has 0 aliphatic rings. The molecule has 0 saturated heterocycles. The van der Waals surface area contributed by atoms with Gasteiger partial charge in [0.05, 0.1) is 21.5 Å². The van der Waals surface area contributed by atoms with Gasteiger partial charge in [0.25, 0.3) is 0 Å². The van der Waals surface area contributed by atoms with E-state index in [0.717, 1.165) is 17.1 Å². The second kappa shape index (κ2) is 11.7. The molecule has 5 nitrogen and oxygen atoms in total. The van der Waals surface area contributed by atoms with Crippen molar-refractivity contribution in [3.05, 3.63) is 100 Å². The highest BCUT2D eigenvalue weighted by Gasteiger charge is 2.27. The number of aryl methyl sites for hydroxylation is 1. The largest absolute Gasteiger partial charge is 0.352 e. The summed E-state index contributed by atoms with van der Waals surface area (Å²) in [5.41, 5.74) is 1.82. The smallest absolute Gasteiger partial charge is 0.243 e. The maximum absolute atomic E-state index is 13.3. The van der Waals surface area contributed by atoms with Crippen LogP contribution in [0.15, 0.2) is 83.8 Å². The van der Waals surface area contributed by atoms with E-state index in [9.17, 15) is 13.2 Å². The lowest BCUT2D eigenvalue weighted by molar-refractivity contribution is -0.122. The lowest BCUT2D eigenvalue weighted by Gasteiger charge is -2.23. The number of nitrogens with zero attached hydrogens (tertiary/aromatic N) is 1. The predicted molar refractivity (Wildman–Crippen MR) is 133 cm³/mol. The lowest BCUT2D eigenvalue weighted by atomic mass is 10.1. The van der Waals surface area contributed by atoms with Gasteiger partial charge in [0.2, 0.25) is 15.9 Å². The topological polar surface area (TPSA) is 66.5 Å². The zero-order chi connectivity index (χ0) is 23.8. The van der Waals surface area contributed by atoms with Gasteiger partial charge in [0.1, 0.15) is 0 Å². The van der Waals surface area contributed by atoms with Crippen LogP contribution in [0.3, 0.4) is 0 Å². The van der Waals surface area contributed by atoms with Gasteiger partial charge in [-0.1, -0.05) is 77.8 Å². The van der Waals surface area contributed by atoms with Crippen molar-refractivity contribution in [1.29, 1.82) is 0 Å². The maximum Gasteiger partial charge on any atom is 0.243 e. The van der Waals surface area contributed by atoms with Crippen LogP contribution in [0.1, 0.15) is 24.5 Å². The molecule has 1 N–H and O–H groups in total. The van der Waals surface area contributed by atoms with E-state index in [-0.39, 0.29) is 29.9 Å². The second-order valence-electron chi connectivity index (χ2n) is 7.83. The first-order valence-electron chi connectivity index (χ1n) is 10.6. The lowest BCUT2D eigenvalue weighted by Crippen LogP contribution is -2.43. The highest BCUT2D eigenvalue weighted by atomic mass is 35.5. The average Bonchev–Trinajstić information content (AvgIpc) is 2.81. The fourth-order valence-electron chi connectivity index (χ4n) is 3.39. The Morgan fingerprint density at radius 1 is 0.909 bits per heavy atom. The van der Waals surface area contributed by atoms with Crippen molar-refractivity contribution in [2.75, 3.05) is 6.54 Å². The van der Waals surface area contributed by atoms with Crippen molar-refractivity contribution < 1.29 is 13.2 Å². The molecule has 0 saturated carbocycles. The van der Waals surface area contributed by atoms with Gasteiger partial charge in [-0.25, -0.2) is 8.42 Å². The standard InChI is InChI=1S/C25H26Cl2N2O3S/c1-19(12-13-20-8-4-2-5-9-20)28-25(30)18-29(17-21-14-15-23(26)24(27)16-21)33(31,32)22-10-6-3-7-11-22/h2-11,14-16,19H,12-13,17-18H2,1H3,(H,28,30)/t19-/m1/s1. The second-order valence-corrected chi connectivity index (χ2v) is 10.6. The third-order valence-electron chi connectivity index (χ3n) is 5.16. The summed E-state index contributed by atoms with van der Waals surface area (Å²) in [7, 11) is -3.91. The van der Waals surface area contributed by atoms with Crippen molar-refractivity contribution >= 4 is 39.1 Å². The van der Waals surface area contributed by atoms with Crippen LogP contribution in [0.25, 0.3) is 0 Å². The molecule has 3 rings (SSSR count). The van der Waals surface area contributed by atoms with Crippen molar-refractivity contribution in [3.8, 4) is 0 Å². The highest BCUT2D eigenvalue weighted by molar-refractivity contribution is 7.89. The van der Waals surface area contributed by atoms with Gasteiger partial charge in [0, 0.05) is 12.6 Å². The first kappa shape index (κ1) is 25.2. The number of halogens is 2. The van der Waals surface area contributed by atoms with Crippen LogP contribution < -0.4 is 5.32 Å². The Morgan fingerprint density at radius 3 is 2.18 bits per heavy atom. The first-order valence-corrected chi connectivity index (χ1v) is 12.8. The number of amides is 1. The molecule has 8 heteroatoms. The molecule has 0 aromatic heterocycles. The summed E-state index contributed by atoms with van der Waals surface area (Å²) >= 11 is 12.1. The molecular weight excluding hydrogens is 479 g/mol. The van der Waals surface area contributed by atoms with E-state index in [1.54, 1.807) is 36.4 Å². The molecule has 0 radical (unpaired) electrons. The number of sulfonamides is 1. The zero-order valence-electron chi connectivity index (χ0n) is 18.2. The molecule has 3 aromatic rings. The molecule has 174 valence electrons. The summed E-state index contributed by atoms with van der Waals surface area (Å²) in [6.45, 7) is 1.59. The summed E-state index contributed by atoms with van der Waals surface area (Å²) in [5.74, 6) is -0.366. The van der Waals surface area contributed by atoms with E-state index in [0.29, 0.717) is 15.6 Å². The minimum atomic E-state index is -3.91. The van der Waals surface area contributed by atoms with Gasteiger partial charge >= 0.3 is 0 Å². The number of rotatable bonds is 10. The summed E-state index contributed by atoms with van der Waals surface area (Å²) in [6, 6.07) is 22.9. The van der Waals surface area contributed by atoms with Gasteiger partial charge < -0.3 is 5.32 Å². The minimum Gasteiger partial charge on any atom is -0.352 e. The normalized spacial score (nSPS) is 12.5.